The highest BCUT2D eigenvalue weighted by molar-refractivity contribution is 7.92. The Kier molecular flexibility index (Phi) is 8.22. The Hall–Kier alpha value is -1.99. The van der Waals surface area contributed by atoms with Crippen LogP contribution in [0.1, 0.15) is 19.4 Å². The Morgan fingerprint density at radius 3 is 1.77 bits per heavy atom. The fraction of sp³-hybridized carbons (Fsp3) is 0.368. The van der Waals surface area contributed by atoms with Gasteiger partial charge in [-0.1, -0.05) is 26.0 Å². The van der Waals surface area contributed by atoms with Crippen molar-refractivity contribution in [1.29, 1.82) is 0 Å². The average molecular weight is 490 g/mol. The highest BCUT2D eigenvalue weighted by atomic mass is 32.2. The van der Waals surface area contributed by atoms with Gasteiger partial charge < -0.3 is 0 Å². The molecule has 0 saturated carbocycles. The third kappa shape index (κ3) is 7.01. The molecule has 31 heavy (non-hydrogen) atoms. The average Bonchev–Trinajstić information content (AvgIpc) is 2.68. The number of nitrogens with zero attached hydrogens (tertiary/aromatic N) is 1. The van der Waals surface area contributed by atoms with Crippen LogP contribution in [-0.4, -0.2) is 55.4 Å². The van der Waals surface area contributed by atoms with Gasteiger partial charge in [-0.05, 0) is 48.4 Å². The number of nitrogens with one attached hydrogen (secondary N) is 2. The molecule has 172 valence electrons. The molecule has 12 heteroatoms. The van der Waals surface area contributed by atoms with Gasteiger partial charge in [0.1, 0.15) is 0 Å². The highest BCUT2D eigenvalue weighted by Gasteiger charge is 2.21. The molecule has 0 amide bonds. The molecule has 0 aliphatic heterocycles. The molecule has 0 radical (unpaired) electrons. The van der Waals surface area contributed by atoms with Crippen molar-refractivity contribution >= 4 is 35.8 Å². The molecule has 2 aromatic rings. The van der Waals surface area contributed by atoms with Crippen LogP contribution in [0.25, 0.3) is 0 Å². The van der Waals surface area contributed by atoms with Crippen molar-refractivity contribution in [3.8, 4) is 0 Å². The Morgan fingerprint density at radius 1 is 0.774 bits per heavy atom. The number of hydrogen-bond acceptors (Lipinski definition) is 6. The first-order valence-corrected chi connectivity index (χ1v) is 14.4. The van der Waals surface area contributed by atoms with Crippen LogP contribution in [0.3, 0.4) is 0 Å². The van der Waals surface area contributed by atoms with E-state index in [1.807, 2.05) is 0 Å². The van der Waals surface area contributed by atoms with E-state index in [0.717, 1.165) is 11.8 Å². The lowest BCUT2D eigenvalue weighted by molar-refractivity contribution is 0.445. The van der Waals surface area contributed by atoms with Gasteiger partial charge in [-0.15, -0.1) is 0 Å². The van der Waals surface area contributed by atoms with E-state index in [1.54, 1.807) is 26.0 Å². The lowest BCUT2D eigenvalue weighted by Crippen LogP contribution is -2.30. The standard InChI is InChI=1S/C19H27N3O6S3/c1-4-22(5-2)31(27,28)19-10-6-16(7-11-19)14-15-20-30(25,26)18-12-8-17(9-13-18)21-29(3,23)24/h6-13,20-21H,4-5,14-15H2,1-3H3. The van der Waals surface area contributed by atoms with Crippen LogP contribution in [0.15, 0.2) is 58.3 Å². The van der Waals surface area contributed by atoms with Crippen molar-refractivity contribution in [2.75, 3.05) is 30.6 Å². The van der Waals surface area contributed by atoms with Gasteiger partial charge in [0, 0.05) is 25.3 Å². The first-order chi connectivity index (χ1) is 14.4. The lowest BCUT2D eigenvalue weighted by Gasteiger charge is -2.18. The summed E-state index contributed by atoms with van der Waals surface area (Å²) in [6.07, 6.45) is 1.38. The number of sulfonamides is 3. The molecule has 2 rings (SSSR count). The first-order valence-electron chi connectivity index (χ1n) is 9.55. The molecule has 0 atom stereocenters. The summed E-state index contributed by atoms with van der Waals surface area (Å²) in [4.78, 5) is 0.204. The van der Waals surface area contributed by atoms with Gasteiger partial charge in [-0.25, -0.2) is 30.0 Å². The molecule has 9 nitrogen and oxygen atoms in total. The summed E-state index contributed by atoms with van der Waals surface area (Å²) in [5.41, 5.74) is 1.05. The molecule has 2 N–H and O–H groups in total. The molecule has 0 spiro atoms. The summed E-state index contributed by atoms with van der Waals surface area (Å²) in [7, 11) is -10.8. The second kappa shape index (κ2) is 10.1. The van der Waals surface area contributed by atoms with E-state index in [-0.39, 0.29) is 22.0 Å². The van der Waals surface area contributed by atoms with Crippen molar-refractivity contribution in [2.45, 2.75) is 30.1 Å². The molecule has 0 heterocycles. The third-order valence-electron chi connectivity index (χ3n) is 4.44. The SMILES string of the molecule is CCN(CC)S(=O)(=O)c1ccc(CCNS(=O)(=O)c2ccc(NS(C)(=O)=O)cc2)cc1. The zero-order chi connectivity index (χ0) is 23.3. The van der Waals surface area contributed by atoms with E-state index in [1.165, 1.54) is 40.7 Å². The van der Waals surface area contributed by atoms with Gasteiger partial charge in [0.2, 0.25) is 30.1 Å². The molecule has 0 unspecified atom stereocenters. The van der Waals surface area contributed by atoms with E-state index >= 15 is 0 Å². The zero-order valence-electron chi connectivity index (χ0n) is 17.6. The van der Waals surface area contributed by atoms with Gasteiger partial charge >= 0.3 is 0 Å². The van der Waals surface area contributed by atoms with Crippen LogP contribution in [-0.2, 0) is 36.5 Å². The quantitative estimate of drug-likeness (QED) is 0.493. The number of benzene rings is 2. The Morgan fingerprint density at radius 2 is 1.29 bits per heavy atom. The zero-order valence-corrected chi connectivity index (χ0v) is 20.0. The lowest BCUT2D eigenvalue weighted by atomic mass is 10.2. The molecule has 0 saturated heterocycles. The summed E-state index contributed by atoms with van der Waals surface area (Å²) < 4.78 is 78.4. The van der Waals surface area contributed by atoms with E-state index < -0.39 is 30.1 Å². The molecule has 2 aromatic carbocycles. The number of rotatable bonds is 11. The van der Waals surface area contributed by atoms with Crippen molar-refractivity contribution in [2.24, 2.45) is 0 Å². The predicted molar refractivity (Wildman–Crippen MR) is 120 cm³/mol. The minimum absolute atomic E-state index is 0.00668. The van der Waals surface area contributed by atoms with Crippen molar-refractivity contribution in [3.05, 3.63) is 54.1 Å². The summed E-state index contributed by atoms with van der Waals surface area (Å²) in [5.74, 6) is 0. The molecular weight excluding hydrogens is 462 g/mol. The van der Waals surface area contributed by atoms with Crippen LogP contribution in [0.5, 0.6) is 0 Å². The Bertz CT molecular complexity index is 1190. The predicted octanol–water partition coefficient (Wildman–Crippen LogP) is 1.61. The van der Waals surface area contributed by atoms with Gasteiger partial charge in [0.25, 0.3) is 0 Å². The van der Waals surface area contributed by atoms with Crippen LogP contribution in [0.4, 0.5) is 5.69 Å². The topological polar surface area (TPSA) is 130 Å². The second-order valence-corrected chi connectivity index (χ2v) is 12.2. The van der Waals surface area contributed by atoms with E-state index in [4.69, 9.17) is 0 Å². The summed E-state index contributed by atoms with van der Waals surface area (Å²) in [5, 5.41) is 0. The third-order valence-corrected chi connectivity index (χ3v) is 8.59. The minimum Gasteiger partial charge on any atom is -0.284 e. The molecule has 0 aliphatic rings. The molecule has 0 bridgehead atoms. The summed E-state index contributed by atoms with van der Waals surface area (Å²) in [6, 6.07) is 11.7. The molecular formula is C19H27N3O6S3. The molecule has 0 aliphatic carbocycles. The molecule has 0 aromatic heterocycles. The fourth-order valence-corrected chi connectivity index (χ4v) is 5.92. The van der Waals surface area contributed by atoms with E-state index in [2.05, 4.69) is 9.44 Å². The monoisotopic (exact) mass is 489 g/mol. The van der Waals surface area contributed by atoms with Gasteiger partial charge in [0.05, 0.1) is 16.0 Å². The van der Waals surface area contributed by atoms with Gasteiger partial charge in [0.15, 0.2) is 0 Å². The van der Waals surface area contributed by atoms with Crippen LogP contribution in [0.2, 0.25) is 0 Å². The number of anilines is 1. The Balaban J connectivity index is 1.99. The molecule has 0 fully saturated rings. The van der Waals surface area contributed by atoms with Crippen LogP contribution in [0, 0.1) is 0 Å². The van der Waals surface area contributed by atoms with E-state index in [0.29, 0.717) is 19.5 Å². The van der Waals surface area contributed by atoms with Crippen molar-refractivity contribution in [1.82, 2.24) is 9.03 Å². The first kappa shape index (κ1) is 25.3. The second-order valence-electron chi connectivity index (χ2n) is 6.78. The van der Waals surface area contributed by atoms with Gasteiger partial charge in [-0.2, -0.15) is 4.31 Å². The normalized spacial score (nSPS) is 12.8. The maximum atomic E-state index is 12.5. The van der Waals surface area contributed by atoms with E-state index in [9.17, 15) is 25.3 Å². The number of hydrogen-bond donors (Lipinski definition) is 2. The Labute approximate surface area is 184 Å². The summed E-state index contributed by atoms with van der Waals surface area (Å²) in [6.45, 7) is 4.43. The van der Waals surface area contributed by atoms with Crippen LogP contribution < -0.4 is 9.44 Å². The maximum Gasteiger partial charge on any atom is 0.243 e. The van der Waals surface area contributed by atoms with Crippen molar-refractivity contribution < 1.29 is 25.3 Å². The largest absolute Gasteiger partial charge is 0.284 e. The fourth-order valence-electron chi connectivity index (χ4n) is 2.87. The van der Waals surface area contributed by atoms with Gasteiger partial charge in [-0.3, -0.25) is 4.72 Å². The minimum atomic E-state index is -3.77. The van der Waals surface area contributed by atoms with Crippen LogP contribution >= 0.6 is 0 Å². The summed E-state index contributed by atoms with van der Waals surface area (Å²) >= 11 is 0. The maximum absolute atomic E-state index is 12.5. The highest BCUT2D eigenvalue weighted by Crippen LogP contribution is 2.17. The smallest absolute Gasteiger partial charge is 0.243 e. The van der Waals surface area contributed by atoms with Crippen molar-refractivity contribution in [3.63, 3.8) is 0 Å².